The summed E-state index contributed by atoms with van der Waals surface area (Å²) in [5, 5.41) is 1.28. The quantitative estimate of drug-likeness (QED) is 0.864. The number of pyridine rings is 1. The predicted molar refractivity (Wildman–Crippen MR) is 82.8 cm³/mol. The summed E-state index contributed by atoms with van der Waals surface area (Å²) in [5.41, 5.74) is 8.58. The molecule has 104 valence electrons. The van der Waals surface area contributed by atoms with Crippen LogP contribution in [0.4, 0.5) is 5.69 Å². The Morgan fingerprint density at radius 1 is 1.05 bits per heavy atom. The molecule has 4 rings (SSSR count). The highest BCUT2D eigenvalue weighted by atomic mass is 15.2. The minimum Gasteiger partial charge on any atom is -0.370 e. The van der Waals surface area contributed by atoms with Crippen molar-refractivity contribution in [3.8, 4) is 0 Å². The van der Waals surface area contributed by atoms with Crippen LogP contribution < -0.4 is 10.6 Å². The van der Waals surface area contributed by atoms with Crippen LogP contribution in [0.25, 0.3) is 10.9 Å². The molecule has 20 heavy (non-hydrogen) atoms. The third kappa shape index (κ3) is 1.97. The molecule has 3 nitrogen and oxygen atoms in total. The average Bonchev–Trinajstić information content (AvgIpc) is 2.89. The Bertz CT molecular complexity index is 619. The predicted octanol–water partition coefficient (Wildman–Crippen LogP) is 2.80. The summed E-state index contributed by atoms with van der Waals surface area (Å²) in [5.74, 6) is 1.62. The second kappa shape index (κ2) is 4.74. The van der Waals surface area contributed by atoms with E-state index in [0.29, 0.717) is 6.04 Å². The minimum atomic E-state index is 0.422. The van der Waals surface area contributed by atoms with E-state index in [1.807, 2.05) is 6.20 Å². The maximum Gasteiger partial charge on any atom is 0.0722 e. The zero-order valence-corrected chi connectivity index (χ0v) is 11.7. The second-order valence-corrected chi connectivity index (χ2v) is 6.35. The second-order valence-electron chi connectivity index (χ2n) is 6.35. The molecule has 0 bridgehead atoms. The van der Waals surface area contributed by atoms with Gasteiger partial charge in [0.15, 0.2) is 0 Å². The molecular weight excluding hydrogens is 246 g/mol. The van der Waals surface area contributed by atoms with E-state index in [-0.39, 0.29) is 0 Å². The zero-order chi connectivity index (χ0) is 13.5. The van der Waals surface area contributed by atoms with Gasteiger partial charge < -0.3 is 10.6 Å². The van der Waals surface area contributed by atoms with Crippen LogP contribution in [0.2, 0.25) is 0 Å². The Hall–Kier alpha value is -1.61. The normalized spacial score (nSPS) is 29.6. The molecule has 1 saturated carbocycles. The van der Waals surface area contributed by atoms with Crippen molar-refractivity contribution in [1.82, 2.24) is 4.98 Å². The van der Waals surface area contributed by atoms with Gasteiger partial charge in [0, 0.05) is 36.4 Å². The Kier molecular flexibility index (Phi) is 2.88. The van der Waals surface area contributed by atoms with Gasteiger partial charge >= 0.3 is 0 Å². The minimum absolute atomic E-state index is 0.422. The first kappa shape index (κ1) is 12.2. The molecule has 0 radical (unpaired) electrons. The van der Waals surface area contributed by atoms with E-state index < -0.39 is 0 Å². The Balaban J connectivity index is 1.67. The van der Waals surface area contributed by atoms with Gasteiger partial charge in [0.1, 0.15) is 0 Å². The van der Waals surface area contributed by atoms with Crippen molar-refractivity contribution in [3.05, 3.63) is 36.5 Å². The lowest BCUT2D eigenvalue weighted by Crippen LogP contribution is -2.32. The molecule has 1 saturated heterocycles. The Morgan fingerprint density at radius 3 is 2.85 bits per heavy atom. The first-order chi connectivity index (χ1) is 9.81. The van der Waals surface area contributed by atoms with E-state index in [9.17, 15) is 0 Å². The number of benzene rings is 1. The lowest BCUT2D eigenvalue weighted by Gasteiger charge is -2.27. The van der Waals surface area contributed by atoms with Crippen LogP contribution in [0.15, 0.2) is 36.5 Å². The smallest absolute Gasteiger partial charge is 0.0722 e. The van der Waals surface area contributed by atoms with Gasteiger partial charge in [0.25, 0.3) is 0 Å². The van der Waals surface area contributed by atoms with E-state index in [4.69, 9.17) is 5.73 Å². The molecule has 1 aromatic heterocycles. The molecule has 1 aliphatic carbocycles. The maximum absolute atomic E-state index is 6.14. The number of nitrogens with zero attached hydrogens (tertiary/aromatic N) is 2. The van der Waals surface area contributed by atoms with E-state index in [1.165, 1.54) is 36.9 Å². The van der Waals surface area contributed by atoms with Crippen LogP contribution in [0.1, 0.15) is 19.3 Å². The molecule has 2 fully saturated rings. The zero-order valence-electron chi connectivity index (χ0n) is 11.7. The van der Waals surface area contributed by atoms with Crippen molar-refractivity contribution in [3.63, 3.8) is 0 Å². The van der Waals surface area contributed by atoms with Crippen molar-refractivity contribution in [2.75, 3.05) is 18.0 Å². The topological polar surface area (TPSA) is 42.1 Å². The molecule has 2 aromatic rings. The Morgan fingerprint density at radius 2 is 1.90 bits per heavy atom. The number of hydrogen-bond acceptors (Lipinski definition) is 3. The first-order valence-corrected chi connectivity index (χ1v) is 7.65. The van der Waals surface area contributed by atoms with E-state index in [2.05, 4.69) is 40.2 Å². The third-order valence-electron chi connectivity index (χ3n) is 5.06. The maximum atomic E-state index is 6.14. The molecule has 2 N–H and O–H groups in total. The van der Waals surface area contributed by atoms with Crippen molar-refractivity contribution in [2.45, 2.75) is 25.3 Å². The average molecular weight is 267 g/mol. The number of anilines is 1. The van der Waals surface area contributed by atoms with Gasteiger partial charge in [-0.15, -0.1) is 0 Å². The highest BCUT2D eigenvalue weighted by Gasteiger charge is 2.37. The van der Waals surface area contributed by atoms with Crippen LogP contribution in [0.5, 0.6) is 0 Å². The lowest BCUT2D eigenvalue weighted by atomic mass is 9.79. The van der Waals surface area contributed by atoms with Crippen molar-refractivity contribution in [1.29, 1.82) is 0 Å². The molecule has 2 aliphatic rings. The standard InChI is InChI=1S/C17H21N3/c18-14-6-5-12-10-20(11-13(12)9-14)17-7-8-19-16-4-2-1-3-15(16)17/h1-4,7-8,12-14H,5-6,9-11,18H2/t12-,13+,14?/m1/s1. The van der Waals surface area contributed by atoms with E-state index >= 15 is 0 Å². The number of para-hydroxylation sites is 1. The Labute approximate surface area is 119 Å². The van der Waals surface area contributed by atoms with Gasteiger partial charge in [-0.1, -0.05) is 18.2 Å². The van der Waals surface area contributed by atoms with Gasteiger partial charge in [-0.25, -0.2) is 0 Å². The number of fused-ring (bicyclic) bond motifs is 2. The molecule has 0 spiro atoms. The van der Waals surface area contributed by atoms with Crippen LogP contribution in [0, 0.1) is 11.8 Å². The molecule has 1 aliphatic heterocycles. The van der Waals surface area contributed by atoms with Crippen molar-refractivity contribution in [2.24, 2.45) is 17.6 Å². The molecule has 0 amide bonds. The van der Waals surface area contributed by atoms with E-state index in [0.717, 1.165) is 23.9 Å². The van der Waals surface area contributed by atoms with Gasteiger partial charge in [0.2, 0.25) is 0 Å². The van der Waals surface area contributed by atoms with Crippen LogP contribution in [-0.4, -0.2) is 24.1 Å². The van der Waals surface area contributed by atoms with Crippen LogP contribution in [-0.2, 0) is 0 Å². The van der Waals surface area contributed by atoms with Gasteiger partial charge in [-0.2, -0.15) is 0 Å². The summed E-state index contributed by atoms with van der Waals surface area (Å²) in [6.45, 7) is 2.35. The van der Waals surface area contributed by atoms with Gasteiger partial charge in [-0.05, 0) is 43.2 Å². The lowest BCUT2D eigenvalue weighted by molar-refractivity contribution is 0.271. The number of aromatic nitrogens is 1. The SMILES string of the molecule is NC1CC[C@@H]2CN(c3ccnc4ccccc34)C[C@@H]2C1. The fourth-order valence-corrected chi connectivity index (χ4v) is 4.02. The first-order valence-electron chi connectivity index (χ1n) is 7.65. The highest BCUT2D eigenvalue weighted by molar-refractivity contribution is 5.91. The van der Waals surface area contributed by atoms with Crippen LogP contribution >= 0.6 is 0 Å². The number of hydrogen-bond donors (Lipinski definition) is 1. The van der Waals surface area contributed by atoms with Crippen molar-refractivity contribution < 1.29 is 0 Å². The number of rotatable bonds is 1. The molecule has 1 aromatic carbocycles. The molecule has 2 heterocycles. The van der Waals surface area contributed by atoms with Crippen LogP contribution in [0.3, 0.4) is 0 Å². The highest BCUT2D eigenvalue weighted by Crippen LogP contribution is 2.39. The van der Waals surface area contributed by atoms with Gasteiger partial charge in [-0.3, -0.25) is 4.98 Å². The fourth-order valence-electron chi connectivity index (χ4n) is 4.02. The fraction of sp³-hybridized carbons (Fsp3) is 0.471. The molecule has 3 heteroatoms. The van der Waals surface area contributed by atoms with E-state index in [1.54, 1.807) is 0 Å². The summed E-state index contributed by atoms with van der Waals surface area (Å²) in [6, 6.07) is 11.0. The third-order valence-corrected chi connectivity index (χ3v) is 5.06. The monoisotopic (exact) mass is 267 g/mol. The summed E-state index contributed by atoms with van der Waals surface area (Å²) in [4.78, 5) is 7.02. The summed E-state index contributed by atoms with van der Waals surface area (Å²) < 4.78 is 0. The molecule has 1 unspecified atom stereocenters. The summed E-state index contributed by atoms with van der Waals surface area (Å²) >= 11 is 0. The summed E-state index contributed by atoms with van der Waals surface area (Å²) in [6.07, 6.45) is 5.63. The molecular formula is C17H21N3. The summed E-state index contributed by atoms with van der Waals surface area (Å²) in [7, 11) is 0. The largest absolute Gasteiger partial charge is 0.370 e. The van der Waals surface area contributed by atoms with Gasteiger partial charge in [0.05, 0.1) is 5.52 Å². The molecule has 3 atom stereocenters. The number of nitrogens with two attached hydrogens (primary N) is 1. The van der Waals surface area contributed by atoms with Crippen molar-refractivity contribution >= 4 is 16.6 Å².